The van der Waals surface area contributed by atoms with Crippen LogP contribution in [0.3, 0.4) is 0 Å². The fourth-order valence-electron chi connectivity index (χ4n) is 1.51. The Morgan fingerprint density at radius 1 is 1.57 bits per heavy atom. The van der Waals surface area contributed by atoms with Crippen molar-refractivity contribution >= 4 is 17.6 Å². The summed E-state index contributed by atoms with van der Waals surface area (Å²) in [5.74, 6) is 1.45. The molecule has 0 saturated heterocycles. The summed E-state index contributed by atoms with van der Waals surface area (Å²) in [6.45, 7) is 5.42. The van der Waals surface area contributed by atoms with Crippen molar-refractivity contribution in [3.8, 4) is 0 Å². The topological polar surface area (TPSA) is 51.0 Å². The van der Waals surface area contributed by atoms with Crippen LogP contribution in [0.15, 0.2) is 4.42 Å². The Hall–Kier alpha value is -0.770. The Labute approximate surface area is 88.0 Å². The highest BCUT2D eigenvalue weighted by Gasteiger charge is 2.45. The highest BCUT2D eigenvalue weighted by molar-refractivity contribution is 6.16. The van der Waals surface area contributed by atoms with Crippen molar-refractivity contribution in [1.29, 1.82) is 0 Å². The third kappa shape index (κ3) is 2.00. The molecule has 2 rings (SSSR count). The van der Waals surface area contributed by atoms with Crippen LogP contribution < -0.4 is 5.32 Å². The van der Waals surface area contributed by atoms with Crippen LogP contribution in [0, 0.1) is 11.3 Å². The third-order valence-electron chi connectivity index (χ3n) is 2.80. The first-order valence-corrected chi connectivity index (χ1v) is 5.27. The molecule has 0 aliphatic heterocycles. The second-order valence-electron chi connectivity index (χ2n) is 4.41. The van der Waals surface area contributed by atoms with Crippen LogP contribution >= 0.6 is 11.6 Å². The minimum absolute atomic E-state index is 0.267. The van der Waals surface area contributed by atoms with E-state index in [1.54, 1.807) is 0 Å². The number of rotatable bonds is 4. The molecule has 0 bridgehead atoms. The average Bonchev–Trinajstić information content (AvgIpc) is 2.62. The van der Waals surface area contributed by atoms with Gasteiger partial charge in [0.05, 0.1) is 0 Å². The molecular weight excluding hydrogens is 202 g/mol. The van der Waals surface area contributed by atoms with Gasteiger partial charge in [-0.2, -0.15) is 0 Å². The number of nitrogens with zero attached hydrogens (tertiary/aromatic N) is 2. The Morgan fingerprint density at radius 2 is 2.29 bits per heavy atom. The second kappa shape index (κ2) is 3.42. The molecule has 0 radical (unpaired) electrons. The van der Waals surface area contributed by atoms with Gasteiger partial charge in [0.15, 0.2) is 0 Å². The molecule has 1 N–H and O–H groups in total. The van der Waals surface area contributed by atoms with Gasteiger partial charge in [0.2, 0.25) is 5.89 Å². The Balaban J connectivity index is 1.81. The minimum Gasteiger partial charge on any atom is -0.407 e. The minimum atomic E-state index is 0.267. The first-order chi connectivity index (χ1) is 6.62. The van der Waals surface area contributed by atoms with Crippen LogP contribution in [-0.4, -0.2) is 16.7 Å². The molecule has 1 aliphatic carbocycles. The maximum absolute atomic E-state index is 5.54. The van der Waals surface area contributed by atoms with E-state index in [9.17, 15) is 0 Å². The van der Waals surface area contributed by atoms with Gasteiger partial charge in [0.25, 0.3) is 0 Å². The number of nitrogens with one attached hydrogen (secondary N) is 1. The molecule has 1 unspecified atom stereocenters. The maximum atomic E-state index is 5.54. The van der Waals surface area contributed by atoms with Gasteiger partial charge < -0.3 is 9.73 Å². The molecule has 14 heavy (non-hydrogen) atoms. The predicted molar refractivity (Wildman–Crippen MR) is 54.2 cm³/mol. The Morgan fingerprint density at radius 3 is 2.79 bits per heavy atom. The molecule has 1 saturated carbocycles. The number of hydrogen-bond acceptors (Lipinski definition) is 4. The van der Waals surface area contributed by atoms with E-state index in [1.807, 2.05) is 0 Å². The van der Waals surface area contributed by atoms with E-state index in [2.05, 4.69) is 29.4 Å². The number of alkyl halides is 1. The van der Waals surface area contributed by atoms with Crippen LogP contribution in [0.2, 0.25) is 0 Å². The first-order valence-electron chi connectivity index (χ1n) is 4.74. The smallest absolute Gasteiger partial charge is 0.315 e. The summed E-state index contributed by atoms with van der Waals surface area (Å²) in [5, 5.41) is 10.7. The fraction of sp³-hybridized carbons (Fsp3) is 0.778. The monoisotopic (exact) mass is 215 g/mol. The van der Waals surface area contributed by atoms with Crippen LogP contribution in [0.1, 0.15) is 26.2 Å². The summed E-state index contributed by atoms with van der Waals surface area (Å²) in [5.41, 5.74) is 0.475. The lowest BCUT2D eigenvalue weighted by Gasteiger charge is -2.02. The van der Waals surface area contributed by atoms with Crippen molar-refractivity contribution in [2.24, 2.45) is 11.3 Å². The van der Waals surface area contributed by atoms with Crippen LogP contribution in [0.4, 0.5) is 6.01 Å². The van der Waals surface area contributed by atoms with Crippen molar-refractivity contribution in [2.75, 3.05) is 11.9 Å². The lowest BCUT2D eigenvalue weighted by Crippen LogP contribution is -2.07. The van der Waals surface area contributed by atoms with Gasteiger partial charge in [-0.25, -0.2) is 0 Å². The molecule has 1 aliphatic rings. The van der Waals surface area contributed by atoms with E-state index in [4.69, 9.17) is 16.0 Å². The van der Waals surface area contributed by atoms with Gasteiger partial charge in [-0.15, -0.1) is 16.7 Å². The number of halogens is 1. The summed E-state index contributed by atoms with van der Waals surface area (Å²) in [6.07, 6.45) is 1.26. The Bertz CT molecular complexity index is 324. The predicted octanol–water partition coefficient (Wildman–Crippen LogP) is 2.27. The van der Waals surface area contributed by atoms with E-state index in [0.29, 0.717) is 23.2 Å². The van der Waals surface area contributed by atoms with Crippen molar-refractivity contribution in [2.45, 2.75) is 26.1 Å². The second-order valence-corrected chi connectivity index (χ2v) is 4.67. The molecular formula is C9H14ClN3O. The molecule has 1 atom stereocenters. The highest BCUT2D eigenvalue weighted by Crippen LogP contribution is 2.51. The van der Waals surface area contributed by atoms with Crippen LogP contribution in [-0.2, 0) is 5.88 Å². The van der Waals surface area contributed by atoms with Crippen molar-refractivity contribution < 1.29 is 4.42 Å². The summed E-state index contributed by atoms with van der Waals surface area (Å²) in [6, 6.07) is 0.475. The number of hydrogen-bond donors (Lipinski definition) is 1. The first kappa shape index (κ1) is 9.77. The largest absolute Gasteiger partial charge is 0.407 e. The number of anilines is 1. The molecule has 0 aromatic carbocycles. The third-order valence-corrected chi connectivity index (χ3v) is 3.03. The molecule has 0 amide bonds. The number of aromatic nitrogens is 2. The SMILES string of the molecule is CC1(C)CC1CNc1nnc(CCl)o1. The normalized spacial score (nSPS) is 23.5. The van der Waals surface area contributed by atoms with Crippen molar-refractivity contribution in [3.63, 3.8) is 0 Å². The lowest BCUT2D eigenvalue weighted by molar-refractivity contribution is 0.517. The van der Waals surface area contributed by atoms with Crippen molar-refractivity contribution in [3.05, 3.63) is 5.89 Å². The van der Waals surface area contributed by atoms with Gasteiger partial charge in [-0.3, -0.25) is 0 Å². The van der Waals surface area contributed by atoms with Gasteiger partial charge in [0.1, 0.15) is 5.88 Å². The van der Waals surface area contributed by atoms with Crippen LogP contribution in [0.5, 0.6) is 0 Å². The Kier molecular flexibility index (Phi) is 2.39. The molecule has 0 spiro atoms. The zero-order valence-corrected chi connectivity index (χ0v) is 9.14. The van der Waals surface area contributed by atoms with E-state index in [0.717, 1.165) is 6.54 Å². The molecule has 1 heterocycles. The fourth-order valence-corrected chi connectivity index (χ4v) is 1.62. The molecule has 1 fully saturated rings. The lowest BCUT2D eigenvalue weighted by atomic mass is 10.1. The summed E-state index contributed by atoms with van der Waals surface area (Å²) in [4.78, 5) is 0. The van der Waals surface area contributed by atoms with Crippen LogP contribution in [0.25, 0.3) is 0 Å². The molecule has 1 aromatic heterocycles. The van der Waals surface area contributed by atoms with Crippen molar-refractivity contribution in [1.82, 2.24) is 10.2 Å². The maximum Gasteiger partial charge on any atom is 0.315 e. The van der Waals surface area contributed by atoms with Gasteiger partial charge in [-0.1, -0.05) is 18.9 Å². The molecule has 4 nitrogen and oxygen atoms in total. The quantitative estimate of drug-likeness (QED) is 0.783. The zero-order chi connectivity index (χ0) is 10.2. The summed E-state index contributed by atoms with van der Waals surface area (Å²) >= 11 is 5.54. The van der Waals surface area contributed by atoms with E-state index < -0.39 is 0 Å². The van der Waals surface area contributed by atoms with Gasteiger partial charge in [0, 0.05) is 6.54 Å². The van der Waals surface area contributed by atoms with E-state index >= 15 is 0 Å². The molecule has 5 heteroatoms. The molecule has 1 aromatic rings. The molecule has 78 valence electrons. The summed E-state index contributed by atoms with van der Waals surface area (Å²) in [7, 11) is 0. The van der Waals surface area contributed by atoms with E-state index in [1.165, 1.54) is 6.42 Å². The standard InChI is InChI=1S/C9H14ClN3O/c1-9(2)3-6(9)5-11-8-13-12-7(4-10)14-8/h6H,3-5H2,1-2H3,(H,11,13). The average molecular weight is 216 g/mol. The zero-order valence-electron chi connectivity index (χ0n) is 8.38. The van der Waals surface area contributed by atoms with Gasteiger partial charge >= 0.3 is 6.01 Å². The summed E-state index contributed by atoms with van der Waals surface area (Å²) < 4.78 is 5.21. The van der Waals surface area contributed by atoms with Gasteiger partial charge in [-0.05, 0) is 17.8 Å². The highest BCUT2D eigenvalue weighted by atomic mass is 35.5. The van der Waals surface area contributed by atoms with E-state index in [-0.39, 0.29) is 5.88 Å².